The van der Waals surface area contributed by atoms with Crippen LogP contribution in [0.2, 0.25) is 0 Å². The quantitative estimate of drug-likeness (QED) is 0.271. The summed E-state index contributed by atoms with van der Waals surface area (Å²) in [5.74, 6) is 0. The van der Waals surface area contributed by atoms with Crippen molar-refractivity contribution >= 4 is 15.9 Å². The molecule has 0 atom stereocenters. The third kappa shape index (κ3) is 4.32. The van der Waals surface area contributed by atoms with Crippen LogP contribution in [0.1, 0.15) is 0 Å². The van der Waals surface area contributed by atoms with Crippen molar-refractivity contribution in [1.82, 2.24) is 9.97 Å². The van der Waals surface area contributed by atoms with Crippen molar-refractivity contribution in [3.63, 3.8) is 0 Å². The maximum absolute atomic E-state index is 4.13. The fourth-order valence-electron chi connectivity index (χ4n) is 3.77. The third-order valence-electron chi connectivity index (χ3n) is 5.32. The molecule has 0 saturated heterocycles. The molecule has 2 nitrogen and oxygen atoms in total. The van der Waals surface area contributed by atoms with E-state index in [9.17, 15) is 0 Å². The fraction of sp³-hybridized carbons (Fsp3) is 0. The van der Waals surface area contributed by atoms with E-state index >= 15 is 0 Å². The van der Waals surface area contributed by atoms with Gasteiger partial charge >= 0.3 is 0 Å². The zero-order valence-electron chi connectivity index (χ0n) is 16.7. The normalized spacial score (nSPS) is 10.7. The van der Waals surface area contributed by atoms with Crippen molar-refractivity contribution in [1.29, 1.82) is 0 Å². The van der Waals surface area contributed by atoms with Crippen LogP contribution in [0, 0.1) is 0 Å². The van der Waals surface area contributed by atoms with Crippen LogP contribution in [-0.4, -0.2) is 9.97 Å². The maximum Gasteiger partial charge on any atom is 0.0273 e. The highest BCUT2D eigenvalue weighted by molar-refractivity contribution is 9.10. The molecule has 2 aromatic heterocycles. The Bertz CT molecular complexity index is 1230. The lowest BCUT2D eigenvalue weighted by molar-refractivity contribution is 1.33. The van der Waals surface area contributed by atoms with Crippen molar-refractivity contribution < 1.29 is 0 Å². The molecule has 2 heterocycles. The molecule has 3 aromatic carbocycles. The van der Waals surface area contributed by atoms with Gasteiger partial charge in [0, 0.05) is 29.3 Å². The van der Waals surface area contributed by atoms with Crippen LogP contribution in [0.3, 0.4) is 0 Å². The second-order valence-electron chi connectivity index (χ2n) is 7.36. The summed E-state index contributed by atoms with van der Waals surface area (Å²) in [4.78, 5) is 8.26. The molecule has 5 aromatic rings. The minimum absolute atomic E-state index is 1.06. The maximum atomic E-state index is 4.13. The number of aromatic nitrogens is 2. The lowest BCUT2D eigenvalue weighted by Crippen LogP contribution is -1.86. The van der Waals surface area contributed by atoms with Crippen molar-refractivity contribution in [2.75, 3.05) is 0 Å². The van der Waals surface area contributed by atoms with Gasteiger partial charge < -0.3 is 0 Å². The van der Waals surface area contributed by atoms with Crippen LogP contribution in [-0.2, 0) is 0 Å². The first kappa shape index (κ1) is 19.4. The summed E-state index contributed by atoms with van der Waals surface area (Å²) >= 11 is 3.72. The Morgan fingerprint density at radius 3 is 1.16 bits per heavy atom. The molecular formula is C28H19BrN2. The summed E-state index contributed by atoms with van der Waals surface area (Å²) in [5.41, 5.74) is 9.41. The molecule has 31 heavy (non-hydrogen) atoms. The monoisotopic (exact) mass is 462 g/mol. The Labute approximate surface area is 190 Å². The van der Waals surface area contributed by atoms with Crippen LogP contribution in [0.15, 0.2) is 120 Å². The van der Waals surface area contributed by atoms with Gasteiger partial charge in [0.15, 0.2) is 0 Å². The Hall–Kier alpha value is -3.56. The standard InChI is InChI=1S/C28H19BrN2/c29-28-18-26(24-5-1-3-22(15-24)20-7-11-30-12-8-20)17-27(19-28)25-6-2-4-23(16-25)21-9-13-31-14-10-21/h1-19H. The molecule has 0 spiro atoms. The van der Waals surface area contributed by atoms with Gasteiger partial charge in [0.2, 0.25) is 0 Å². The highest BCUT2D eigenvalue weighted by Crippen LogP contribution is 2.34. The summed E-state index contributed by atoms with van der Waals surface area (Å²) in [7, 11) is 0. The van der Waals surface area contributed by atoms with Crippen LogP contribution in [0.25, 0.3) is 44.5 Å². The average Bonchev–Trinajstić information content (AvgIpc) is 2.85. The largest absolute Gasteiger partial charge is 0.265 e. The lowest BCUT2D eigenvalue weighted by Gasteiger charge is -2.11. The molecule has 5 rings (SSSR count). The molecule has 0 aliphatic heterocycles. The van der Waals surface area contributed by atoms with Crippen molar-refractivity contribution in [2.24, 2.45) is 0 Å². The summed E-state index contributed by atoms with van der Waals surface area (Å²) in [6.07, 6.45) is 7.31. The van der Waals surface area contributed by atoms with Crippen molar-refractivity contribution in [2.45, 2.75) is 0 Å². The molecule has 0 radical (unpaired) electrons. The number of nitrogens with zero attached hydrogens (tertiary/aromatic N) is 2. The molecule has 0 unspecified atom stereocenters. The van der Waals surface area contributed by atoms with E-state index in [1.54, 1.807) is 0 Å². The molecular weight excluding hydrogens is 444 g/mol. The molecule has 0 fully saturated rings. The van der Waals surface area contributed by atoms with E-state index in [1.807, 2.05) is 49.1 Å². The molecule has 0 aliphatic carbocycles. The molecule has 0 saturated carbocycles. The number of rotatable bonds is 4. The first-order valence-corrected chi connectivity index (χ1v) is 10.9. The van der Waals surface area contributed by atoms with Gasteiger partial charge in [-0.15, -0.1) is 0 Å². The lowest BCUT2D eigenvalue weighted by atomic mass is 9.95. The van der Waals surface area contributed by atoms with Crippen LogP contribution < -0.4 is 0 Å². The van der Waals surface area contributed by atoms with Gasteiger partial charge in [0.25, 0.3) is 0 Å². The van der Waals surface area contributed by atoms with E-state index < -0.39 is 0 Å². The molecule has 0 bridgehead atoms. The molecule has 148 valence electrons. The van der Waals surface area contributed by atoms with Crippen molar-refractivity contribution in [3.8, 4) is 44.5 Å². The second-order valence-corrected chi connectivity index (χ2v) is 8.28. The predicted octanol–water partition coefficient (Wildman–Crippen LogP) is 7.91. The Kier molecular flexibility index (Phi) is 5.42. The summed E-state index contributed by atoms with van der Waals surface area (Å²) < 4.78 is 1.06. The van der Waals surface area contributed by atoms with Gasteiger partial charge in [-0.05, 0) is 99.1 Å². The zero-order valence-corrected chi connectivity index (χ0v) is 18.3. The fourth-order valence-corrected chi connectivity index (χ4v) is 4.26. The minimum atomic E-state index is 1.06. The van der Waals surface area contributed by atoms with Gasteiger partial charge in [-0.1, -0.05) is 52.3 Å². The van der Waals surface area contributed by atoms with Gasteiger partial charge in [-0.2, -0.15) is 0 Å². The Balaban J connectivity index is 1.56. The Morgan fingerprint density at radius 1 is 0.387 bits per heavy atom. The van der Waals surface area contributed by atoms with E-state index in [0.29, 0.717) is 0 Å². The SMILES string of the molecule is Brc1cc(-c2cccc(-c3ccncc3)c2)cc(-c2cccc(-c3ccncc3)c2)c1. The van der Waals surface area contributed by atoms with Gasteiger partial charge in [0.05, 0.1) is 0 Å². The minimum Gasteiger partial charge on any atom is -0.265 e. The van der Waals surface area contributed by atoms with Crippen molar-refractivity contribution in [3.05, 3.63) is 120 Å². The predicted molar refractivity (Wildman–Crippen MR) is 131 cm³/mol. The molecule has 3 heteroatoms. The summed E-state index contributed by atoms with van der Waals surface area (Å²) in [6, 6.07) is 32.0. The molecule has 0 aliphatic rings. The van der Waals surface area contributed by atoms with Crippen LogP contribution in [0.4, 0.5) is 0 Å². The Morgan fingerprint density at radius 2 is 0.742 bits per heavy atom. The smallest absolute Gasteiger partial charge is 0.0273 e. The van der Waals surface area contributed by atoms with Crippen LogP contribution >= 0.6 is 15.9 Å². The van der Waals surface area contributed by atoms with E-state index in [2.05, 4.69) is 92.6 Å². The highest BCUT2D eigenvalue weighted by Gasteiger charge is 2.07. The zero-order chi connectivity index (χ0) is 21.0. The number of pyridine rings is 2. The van der Waals surface area contributed by atoms with Gasteiger partial charge in [-0.25, -0.2) is 0 Å². The number of benzene rings is 3. The first-order valence-electron chi connectivity index (χ1n) is 10.1. The second kappa shape index (κ2) is 8.66. The number of hydrogen-bond acceptors (Lipinski definition) is 2. The first-order chi connectivity index (χ1) is 15.3. The van der Waals surface area contributed by atoms with Crippen LogP contribution in [0.5, 0.6) is 0 Å². The molecule has 0 amide bonds. The van der Waals surface area contributed by atoms with E-state index in [-0.39, 0.29) is 0 Å². The van der Waals surface area contributed by atoms with E-state index in [1.165, 1.54) is 33.4 Å². The van der Waals surface area contributed by atoms with Gasteiger partial charge in [-0.3, -0.25) is 9.97 Å². The third-order valence-corrected chi connectivity index (χ3v) is 5.77. The van der Waals surface area contributed by atoms with Gasteiger partial charge in [0.1, 0.15) is 0 Å². The molecule has 0 N–H and O–H groups in total. The highest BCUT2D eigenvalue weighted by atomic mass is 79.9. The summed E-state index contributed by atoms with van der Waals surface area (Å²) in [6.45, 7) is 0. The summed E-state index contributed by atoms with van der Waals surface area (Å²) in [5, 5.41) is 0. The average molecular weight is 463 g/mol. The van der Waals surface area contributed by atoms with E-state index in [0.717, 1.165) is 15.6 Å². The van der Waals surface area contributed by atoms with E-state index in [4.69, 9.17) is 0 Å². The number of halogens is 1. The number of hydrogen-bond donors (Lipinski definition) is 0. The topological polar surface area (TPSA) is 25.8 Å².